The van der Waals surface area contributed by atoms with Gasteiger partial charge < -0.3 is 25.0 Å². The first kappa shape index (κ1) is 22.4. The molecule has 164 valence electrons. The molecule has 2 atom stereocenters. The molecular weight excluding hydrogens is 406 g/mol. The Kier molecular flexibility index (Phi) is 7.61. The van der Waals surface area contributed by atoms with Gasteiger partial charge in [-0.1, -0.05) is 0 Å². The first-order valence-corrected chi connectivity index (χ1v) is 10.5. The molecule has 3 aliphatic rings. The van der Waals surface area contributed by atoms with E-state index in [2.05, 4.69) is 10.6 Å². The van der Waals surface area contributed by atoms with E-state index < -0.39 is 0 Å². The summed E-state index contributed by atoms with van der Waals surface area (Å²) in [4.78, 5) is 27.2. The van der Waals surface area contributed by atoms with Gasteiger partial charge in [-0.25, -0.2) is 0 Å². The first-order valence-electron chi connectivity index (χ1n) is 10.5. The molecule has 0 bridgehead atoms. The Labute approximate surface area is 183 Å². The number of likely N-dealkylation sites (tertiary alicyclic amines) is 1. The van der Waals surface area contributed by atoms with Crippen LogP contribution in [0.5, 0.6) is 11.5 Å². The molecular formula is C22H30ClN3O4. The third-order valence-corrected chi connectivity index (χ3v) is 5.95. The minimum Gasteiger partial charge on any atom is -0.497 e. The number of rotatable bonds is 5. The zero-order valence-electron chi connectivity index (χ0n) is 17.3. The third-order valence-electron chi connectivity index (χ3n) is 5.95. The van der Waals surface area contributed by atoms with E-state index in [1.807, 2.05) is 29.2 Å². The fourth-order valence-corrected chi connectivity index (χ4v) is 4.30. The molecule has 2 unspecified atom stereocenters. The molecule has 0 saturated carbocycles. The van der Waals surface area contributed by atoms with Crippen molar-refractivity contribution in [2.75, 3.05) is 39.9 Å². The van der Waals surface area contributed by atoms with Crippen LogP contribution in [0.25, 0.3) is 6.08 Å². The number of nitrogens with zero attached hydrogens (tertiary/aromatic N) is 1. The van der Waals surface area contributed by atoms with E-state index in [4.69, 9.17) is 9.47 Å². The van der Waals surface area contributed by atoms with Crippen LogP contribution in [0, 0.1) is 5.92 Å². The second-order valence-corrected chi connectivity index (χ2v) is 8.02. The molecule has 1 aromatic carbocycles. The fourth-order valence-electron chi connectivity index (χ4n) is 4.30. The van der Waals surface area contributed by atoms with E-state index in [9.17, 15) is 9.59 Å². The number of amides is 2. The molecule has 30 heavy (non-hydrogen) atoms. The number of carbonyl (C=O) groups is 2. The smallest absolute Gasteiger partial charge is 0.253 e. The number of hydrogen-bond donors (Lipinski definition) is 2. The first-order chi connectivity index (χ1) is 14.1. The number of ether oxygens (including phenoxy) is 2. The van der Waals surface area contributed by atoms with Crippen LogP contribution in [0.15, 0.2) is 23.8 Å². The zero-order chi connectivity index (χ0) is 20.2. The largest absolute Gasteiger partial charge is 0.497 e. The van der Waals surface area contributed by atoms with E-state index >= 15 is 0 Å². The predicted octanol–water partition coefficient (Wildman–Crippen LogP) is 2.00. The molecule has 0 aliphatic carbocycles. The summed E-state index contributed by atoms with van der Waals surface area (Å²) in [5.74, 6) is 1.90. The van der Waals surface area contributed by atoms with Crippen molar-refractivity contribution in [3.05, 3.63) is 29.3 Å². The second kappa shape index (κ2) is 10.2. The van der Waals surface area contributed by atoms with Gasteiger partial charge >= 0.3 is 0 Å². The molecule has 3 aliphatic heterocycles. The molecule has 2 amide bonds. The van der Waals surface area contributed by atoms with Crippen LogP contribution in [-0.4, -0.2) is 62.7 Å². The Hall–Kier alpha value is -2.25. The molecule has 3 heterocycles. The molecule has 0 spiro atoms. The molecule has 8 heteroatoms. The minimum absolute atomic E-state index is 0. The lowest BCUT2D eigenvalue weighted by molar-refractivity contribution is -0.129. The van der Waals surface area contributed by atoms with Crippen molar-refractivity contribution in [2.45, 2.75) is 31.7 Å². The van der Waals surface area contributed by atoms with Crippen molar-refractivity contribution in [2.24, 2.45) is 5.92 Å². The van der Waals surface area contributed by atoms with Gasteiger partial charge in [0.15, 0.2) is 0 Å². The highest BCUT2D eigenvalue weighted by molar-refractivity contribution is 5.99. The van der Waals surface area contributed by atoms with Gasteiger partial charge in [-0.05, 0) is 62.4 Å². The standard InChI is InChI=1S/C22H29N3O4.ClH/c1-28-18-6-7-20-16(11-18)10-17(14-29-20)22(27)25-9-3-4-15(13-25)12-24-21(26)19-5-2-8-23-19;/h6-7,10-11,15,19,23H,2-5,8-9,12-14H2,1H3,(H,24,26);1H. The highest BCUT2D eigenvalue weighted by Gasteiger charge is 2.29. The van der Waals surface area contributed by atoms with E-state index in [1.165, 1.54) is 0 Å². The highest BCUT2D eigenvalue weighted by atomic mass is 35.5. The molecule has 2 saturated heterocycles. The Balaban J connectivity index is 0.00000256. The van der Waals surface area contributed by atoms with Gasteiger partial charge in [-0.15, -0.1) is 12.4 Å². The van der Waals surface area contributed by atoms with Gasteiger partial charge in [0.1, 0.15) is 18.1 Å². The fraction of sp³-hybridized carbons (Fsp3) is 0.545. The van der Waals surface area contributed by atoms with Gasteiger partial charge in [-0.2, -0.15) is 0 Å². The van der Waals surface area contributed by atoms with Crippen LogP contribution >= 0.6 is 12.4 Å². The third kappa shape index (κ3) is 5.08. The Morgan fingerprint density at radius 3 is 2.93 bits per heavy atom. The maximum Gasteiger partial charge on any atom is 0.253 e. The van der Waals surface area contributed by atoms with Gasteiger partial charge in [0, 0.05) is 25.2 Å². The Morgan fingerprint density at radius 2 is 2.17 bits per heavy atom. The van der Waals surface area contributed by atoms with Crippen LogP contribution in [0.1, 0.15) is 31.2 Å². The van der Waals surface area contributed by atoms with Crippen LogP contribution in [0.3, 0.4) is 0 Å². The normalized spacial score (nSPS) is 22.8. The molecule has 4 rings (SSSR count). The summed E-state index contributed by atoms with van der Waals surface area (Å²) in [6, 6.07) is 5.54. The second-order valence-electron chi connectivity index (χ2n) is 8.02. The van der Waals surface area contributed by atoms with Gasteiger partial charge in [0.2, 0.25) is 5.91 Å². The number of methoxy groups -OCH3 is 1. The topological polar surface area (TPSA) is 79.9 Å². The maximum atomic E-state index is 13.1. The number of benzene rings is 1. The lowest BCUT2D eigenvalue weighted by atomic mass is 9.96. The molecule has 0 radical (unpaired) electrons. The van der Waals surface area contributed by atoms with Crippen molar-refractivity contribution < 1.29 is 19.1 Å². The van der Waals surface area contributed by atoms with Gasteiger partial charge in [0.25, 0.3) is 5.91 Å². The van der Waals surface area contributed by atoms with Crippen molar-refractivity contribution in [1.29, 1.82) is 0 Å². The van der Waals surface area contributed by atoms with Crippen LogP contribution < -0.4 is 20.1 Å². The molecule has 7 nitrogen and oxygen atoms in total. The number of hydrogen-bond acceptors (Lipinski definition) is 5. The molecule has 0 aromatic heterocycles. The quantitative estimate of drug-likeness (QED) is 0.739. The van der Waals surface area contributed by atoms with E-state index in [0.717, 1.165) is 55.8 Å². The average molecular weight is 436 g/mol. The van der Waals surface area contributed by atoms with Crippen molar-refractivity contribution in [3.63, 3.8) is 0 Å². The number of carbonyl (C=O) groups excluding carboxylic acids is 2. The number of halogens is 1. The summed E-state index contributed by atoms with van der Waals surface area (Å²) in [5.41, 5.74) is 1.52. The minimum atomic E-state index is -0.0575. The Bertz CT molecular complexity index is 808. The van der Waals surface area contributed by atoms with Gasteiger partial charge in [-0.3, -0.25) is 9.59 Å². The summed E-state index contributed by atoms with van der Waals surface area (Å²) in [6.45, 7) is 3.23. The Morgan fingerprint density at radius 1 is 1.30 bits per heavy atom. The monoisotopic (exact) mass is 435 g/mol. The molecule has 2 N–H and O–H groups in total. The highest BCUT2D eigenvalue weighted by Crippen LogP contribution is 2.31. The summed E-state index contributed by atoms with van der Waals surface area (Å²) in [7, 11) is 1.62. The predicted molar refractivity (Wildman–Crippen MR) is 117 cm³/mol. The lowest BCUT2D eigenvalue weighted by Gasteiger charge is -2.34. The van der Waals surface area contributed by atoms with E-state index in [0.29, 0.717) is 18.7 Å². The van der Waals surface area contributed by atoms with Gasteiger partial charge in [0.05, 0.1) is 18.7 Å². The molecule has 1 aromatic rings. The number of piperidine rings is 1. The van der Waals surface area contributed by atoms with Crippen LogP contribution in [0.2, 0.25) is 0 Å². The lowest BCUT2D eigenvalue weighted by Crippen LogP contribution is -2.47. The SMILES string of the molecule is COc1ccc2c(c1)C=C(C(=O)N1CCCC(CNC(=O)C3CCCN3)C1)CO2.Cl. The number of fused-ring (bicyclic) bond motifs is 1. The van der Waals surface area contributed by atoms with Crippen LogP contribution in [-0.2, 0) is 9.59 Å². The van der Waals surface area contributed by atoms with Crippen LogP contribution in [0.4, 0.5) is 0 Å². The molecule has 2 fully saturated rings. The van der Waals surface area contributed by atoms with Crippen molar-refractivity contribution in [3.8, 4) is 11.5 Å². The number of nitrogens with one attached hydrogen (secondary N) is 2. The maximum absolute atomic E-state index is 13.1. The summed E-state index contributed by atoms with van der Waals surface area (Å²) in [5, 5.41) is 6.29. The average Bonchev–Trinajstić information content (AvgIpc) is 3.31. The van der Waals surface area contributed by atoms with E-state index in [-0.39, 0.29) is 42.8 Å². The van der Waals surface area contributed by atoms with Crippen molar-refractivity contribution in [1.82, 2.24) is 15.5 Å². The van der Waals surface area contributed by atoms with E-state index in [1.54, 1.807) is 7.11 Å². The summed E-state index contributed by atoms with van der Waals surface area (Å²) >= 11 is 0. The summed E-state index contributed by atoms with van der Waals surface area (Å²) < 4.78 is 11.0. The zero-order valence-corrected chi connectivity index (χ0v) is 18.1. The summed E-state index contributed by atoms with van der Waals surface area (Å²) in [6.07, 6.45) is 5.84. The van der Waals surface area contributed by atoms with Crippen molar-refractivity contribution >= 4 is 30.3 Å².